The number of likely N-dealkylation sites (N-methyl/N-ethyl adjacent to an activating group) is 1. The van der Waals surface area contributed by atoms with Gasteiger partial charge in [-0.3, -0.25) is 14.4 Å². The van der Waals surface area contributed by atoms with Gasteiger partial charge in [0.25, 0.3) is 5.91 Å². The summed E-state index contributed by atoms with van der Waals surface area (Å²) in [5.41, 5.74) is 2.22. The zero-order valence-corrected chi connectivity index (χ0v) is 15.0. The lowest BCUT2D eigenvalue weighted by molar-refractivity contribution is -0.116. The fourth-order valence-electron chi connectivity index (χ4n) is 2.78. The molecule has 0 aromatic carbocycles. The molecule has 0 unspecified atom stereocenters. The Morgan fingerprint density at radius 1 is 1.32 bits per heavy atom. The molecule has 2 amide bonds. The van der Waals surface area contributed by atoms with Gasteiger partial charge in [-0.15, -0.1) is 0 Å². The minimum atomic E-state index is -0.391. The Hall–Kier alpha value is -2.90. The van der Waals surface area contributed by atoms with Crippen LogP contribution in [-0.4, -0.2) is 46.2 Å². The van der Waals surface area contributed by atoms with Gasteiger partial charge in [0.15, 0.2) is 11.6 Å². The van der Waals surface area contributed by atoms with E-state index in [4.69, 9.17) is 4.52 Å². The zero-order valence-electron chi connectivity index (χ0n) is 15.0. The van der Waals surface area contributed by atoms with E-state index in [2.05, 4.69) is 15.5 Å². The molecule has 0 spiro atoms. The number of anilines is 1. The number of aromatic amines is 1. The van der Waals surface area contributed by atoms with Gasteiger partial charge >= 0.3 is 0 Å². The summed E-state index contributed by atoms with van der Waals surface area (Å²) in [5.74, 6) is 0.0424. The summed E-state index contributed by atoms with van der Waals surface area (Å²) in [6, 6.07) is 1.59. The third kappa shape index (κ3) is 3.96. The number of aromatic nitrogens is 2. The predicted octanol–water partition coefficient (Wildman–Crippen LogP) is 2.10. The number of carbonyl (C=O) groups excluding carboxylic acids is 3. The predicted molar refractivity (Wildman–Crippen MR) is 91.7 cm³/mol. The van der Waals surface area contributed by atoms with E-state index in [9.17, 15) is 14.4 Å². The molecule has 0 fully saturated rings. The highest BCUT2D eigenvalue weighted by Crippen LogP contribution is 2.21. The Morgan fingerprint density at radius 3 is 2.52 bits per heavy atom. The molecule has 134 valence electrons. The Labute approximate surface area is 145 Å². The monoisotopic (exact) mass is 346 g/mol. The van der Waals surface area contributed by atoms with Gasteiger partial charge in [-0.05, 0) is 32.8 Å². The summed E-state index contributed by atoms with van der Waals surface area (Å²) < 4.78 is 4.87. The van der Waals surface area contributed by atoms with Gasteiger partial charge in [-0.25, -0.2) is 0 Å². The summed E-state index contributed by atoms with van der Waals surface area (Å²) in [6.45, 7) is 6.67. The number of carbonyl (C=O) groups is 3. The van der Waals surface area contributed by atoms with Gasteiger partial charge < -0.3 is 19.7 Å². The van der Waals surface area contributed by atoms with Crippen molar-refractivity contribution in [2.75, 3.05) is 18.9 Å². The highest BCUT2D eigenvalue weighted by Gasteiger charge is 2.24. The van der Waals surface area contributed by atoms with Gasteiger partial charge in [0.2, 0.25) is 5.91 Å². The Balaban J connectivity index is 2.13. The number of aryl methyl sites for hydroxylation is 2. The van der Waals surface area contributed by atoms with Crippen molar-refractivity contribution in [2.24, 2.45) is 0 Å². The molecule has 0 saturated carbocycles. The van der Waals surface area contributed by atoms with Gasteiger partial charge in [0, 0.05) is 24.4 Å². The summed E-state index contributed by atoms with van der Waals surface area (Å²) in [6.07, 6.45) is 0.540. The Kier molecular flexibility index (Phi) is 5.41. The van der Waals surface area contributed by atoms with E-state index in [0.717, 1.165) is 0 Å². The fraction of sp³-hybridized carbons (Fsp3) is 0.412. The minimum Gasteiger partial charge on any atom is -0.360 e. The van der Waals surface area contributed by atoms with Gasteiger partial charge in [-0.2, -0.15) is 0 Å². The summed E-state index contributed by atoms with van der Waals surface area (Å²) >= 11 is 0. The summed E-state index contributed by atoms with van der Waals surface area (Å²) in [4.78, 5) is 40.8. The second-order valence-corrected chi connectivity index (χ2v) is 5.92. The SMILES string of the molecule is CCc1c(C(=O)N(C)CC(=O)Nc2cc(C)on2)[nH]c(C)c1C(C)=O. The lowest BCUT2D eigenvalue weighted by Crippen LogP contribution is -2.35. The first-order chi connectivity index (χ1) is 11.7. The van der Waals surface area contributed by atoms with Crippen LogP contribution >= 0.6 is 0 Å². The van der Waals surface area contributed by atoms with Crippen LogP contribution in [0.15, 0.2) is 10.6 Å². The van der Waals surface area contributed by atoms with E-state index in [1.807, 2.05) is 6.92 Å². The molecule has 2 aromatic rings. The van der Waals surface area contributed by atoms with Gasteiger partial charge in [0.1, 0.15) is 11.5 Å². The smallest absolute Gasteiger partial charge is 0.270 e. The molecular weight excluding hydrogens is 324 g/mol. The normalized spacial score (nSPS) is 10.6. The molecule has 0 bridgehead atoms. The van der Waals surface area contributed by atoms with Crippen LogP contribution in [0.25, 0.3) is 0 Å². The molecule has 2 aromatic heterocycles. The van der Waals surface area contributed by atoms with E-state index in [0.29, 0.717) is 40.5 Å². The van der Waals surface area contributed by atoms with Crippen LogP contribution in [-0.2, 0) is 11.2 Å². The van der Waals surface area contributed by atoms with Crippen molar-refractivity contribution in [1.29, 1.82) is 0 Å². The zero-order chi connectivity index (χ0) is 18.7. The van der Waals surface area contributed by atoms with Crippen molar-refractivity contribution in [3.8, 4) is 0 Å². The van der Waals surface area contributed by atoms with Crippen molar-refractivity contribution < 1.29 is 18.9 Å². The maximum Gasteiger partial charge on any atom is 0.270 e. The van der Waals surface area contributed by atoms with Gasteiger partial charge in [-0.1, -0.05) is 12.1 Å². The Bertz CT molecular complexity index is 819. The summed E-state index contributed by atoms with van der Waals surface area (Å²) in [5, 5.41) is 6.24. The van der Waals surface area contributed by atoms with Crippen LogP contribution < -0.4 is 5.32 Å². The first-order valence-corrected chi connectivity index (χ1v) is 7.95. The number of Topliss-reactive ketones (excluding diaryl/α,β-unsaturated/α-hetero) is 1. The topological polar surface area (TPSA) is 108 Å². The maximum absolute atomic E-state index is 12.7. The number of rotatable bonds is 6. The molecule has 8 nitrogen and oxygen atoms in total. The van der Waals surface area contributed by atoms with E-state index >= 15 is 0 Å². The number of H-pyrrole nitrogens is 1. The second kappa shape index (κ2) is 7.33. The average molecular weight is 346 g/mol. The molecular formula is C17H22N4O4. The Morgan fingerprint density at radius 2 is 2.00 bits per heavy atom. The lowest BCUT2D eigenvalue weighted by atomic mass is 10.0. The molecule has 0 saturated heterocycles. The quantitative estimate of drug-likeness (QED) is 0.779. The molecule has 2 heterocycles. The molecule has 0 atom stereocenters. The molecule has 0 aliphatic rings. The van der Waals surface area contributed by atoms with Crippen LogP contribution in [0.2, 0.25) is 0 Å². The molecule has 8 heteroatoms. The highest BCUT2D eigenvalue weighted by atomic mass is 16.5. The van der Waals surface area contributed by atoms with E-state index < -0.39 is 5.91 Å². The van der Waals surface area contributed by atoms with Crippen LogP contribution in [0.5, 0.6) is 0 Å². The number of nitrogens with zero attached hydrogens (tertiary/aromatic N) is 2. The van der Waals surface area contributed by atoms with Crippen molar-refractivity contribution >= 4 is 23.4 Å². The third-order valence-electron chi connectivity index (χ3n) is 3.83. The van der Waals surface area contributed by atoms with Crippen molar-refractivity contribution in [3.05, 3.63) is 34.3 Å². The molecule has 2 rings (SSSR count). The largest absolute Gasteiger partial charge is 0.360 e. The van der Waals surface area contributed by atoms with Crippen molar-refractivity contribution in [2.45, 2.75) is 34.1 Å². The van der Waals surface area contributed by atoms with Crippen LogP contribution in [0.1, 0.15) is 51.7 Å². The number of nitrogens with one attached hydrogen (secondary N) is 2. The first-order valence-electron chi connectivity index (χ1n) is 7.95. The molecule has 0 aliphatic heterocycles. The fourth-order valence-corrected chi connectivity index (χ4v) is 2.78. The van der Waals surface area contributed by atoms with Gasteiger partial charge in [0.05, 0.1) is 6.54 Å². The van der Waals surface area contributed by atoms with Crippen molar-refractivity contribution in [3.63, 3.8) is 0 Å². The number of amides is 2. The van der Waals surface area contributed by atoms with E-state index in [-0.39, 0.29) is 18.2 Å². The average Bonchev–Trinajstić information content (AvgIpc) is 3.08. The van der Waals surface area contributed by atoms with Crippen molar-refractivity contribution in [1.82, 2.24) is 15.0 Å². The maximum atomic E-state index is 12.7. The molecule has 2 N–H and O–H groups in total. The number of hydrogen-bond donors (Lipinski definition) is 2. The third-order valence-corrected chi connectivity index (χ3v) is 3.83. The van der Waals surface area contributed by atoms with Crippen LogP contribution in [0.3, 0.4) is 0 Å². The molecule has 0 aliphatic carbocycles. The summed E-state index contributed by atoms with van der Waals surface area (Å²) in [7, 11) is 1.53. The number of ketones is 1. The molecule has 25 heavy (non-hydrogen) atoms. The minimum absolute atomic E-state index is 0.0913. The molecule has 0 radical (unpaired) electrons. The van der Waals surface area contributed by atoms with Crippen LogP contribution in [0.4, 0.5) is 5.82 Å². The lowest BCUT2D eigenvalue weighted by Gasteiger charge is -2.16. The van der Waals surface area contributed by atoms with E-state index in [1.165, 1.54) is 18.9 Å². The second-order valence-electron chi connectivity index (χ2n) is 5.92. The first kappa shape index (κ1) is 18.4. The highest BCUT2D eigenvalue weighted by molar-refractivity contribution is 6.03. The van der Waals surface area contributed by atoms with Crippen LogP contribution in [0, 0.1) is 13.8 Å². The van der Waals surface area contributed by atoms with E-state index in [1.54, 1.807) is 19.9 Å². The number of hydrogen-bond acceptors (Lipinski definition) is 5. The standard InChI is InChI=1S/C17H22N4O4/c1-6-12-15(11(4)22)10(3)18-16(12)17(24)21(5)8-14(23)19-13-7-9(2)25-20-13/h7,18H,6,8H2,1-5H3,(H,19,20,23).